The van der Waals surface area contributed by atoms with Crippen molar-refractivity contribution in [1.82, 2.24) is 4.90 Å². The Bertz CT molecular complexity index is 315. The molecule has 1 fully saturated rings. The maximum atomic E-state index is 12.4. The van der Waals surface area contributed by atoms with Gasteiger partial charge < -0.3 is 10.6 Å². The summed E-state index contributed by atoms with van der Waals surface area (Å²) in [7, 11) is 0. The highest BCUT2D eigenvalue weighted by Crippen LogP contribution is 2.26. The van der Waals surface area contributed by atoms with E-state index < -0.39 is 5.41 Å². The summed E-state index contributed by atoms with van der Waals surface area (Å²) in [6.07, 6.45) is 5.97. The van der Waals surface area contributed by atoms with Crippen LogP contribution in [0, 0.1) is 11.3 Å². The number of hydrogen-bond acceptors (Lipinski definition) is 2. The Morgan fingerprint density at radius 3 is 2.61 bits per heavy atom. The van der Waals surface area contributed by atoms with E-state index in [9.17, 15) is 4.79 Å². The molecule has 4 heteroatoms. The van der Waals surface area contributed by atoms with E-state index >= 15 is 0 Å². The second-order valence-corrected chi connectivity index (χ2v) is 6.31. The maximum absolute atomic E-state index is 12.4. The van der Waals surface area contributed by atoms with E-state index in [1.807, 2.05) is 18.7 Å². The molecular formula is C14H26N2OS. The number of nitrogens with two attached hydrogens (primary N) is 1. The third-order valence-electron chi connectivity index (χ3n) is 3.98. The zero-order valence-electron chi connectivity index (χ0n) is 11.9. The summed E-state index contributed by atoms with van der Waals surface area (Å²) in [5.74, 6) is 0.868. The van der Waals surface area contributed by atoms with Crippen molar-refractivity contribution in [3.8, 4) is 0 Å². The fourth-order valence-electron chi connectivity index (χ4n) is 2.57. The van der Waals surface area contributed by atoms with Crippen molar-refractivity contribution >= 4 is 23.1 Å². The Balaban J connectivity index is 2.63. The first-order chi connectivity index (χ1) is 8.39. The zero-order chi connectivity index (χ0) is 13.8. The van der Waals surface area contributed by atoms with Crippen molar-refractivity contribution < 1.29 is 4.79 Å². The number of nitrogens with zero attached hydrogens (tertiary/aromatic N) is 1. The molecular weight excluding hydrogens is 244 g/mol. The summed E-state index contributed by atoms with van der Waals surface area (Å²) < 4.78 is 0. The predicted molar refractivity (Wildman–Crippen MR) is 79.4 cm³/mol. The van der Waals surface area contributed by atoms with Gasteiger partial charge in [0.1, 0.15) is 0 Å². The van der Waals surface area contributed by atoms with Crippen LogP contribution in [-0.2, 0) is 4.79 Å². The monoisotopic (exact) mass is 270 g/mol. The fourth-order valence-corrected chi connectivity index (χ4v) is 2.65. The SMILES string of the molecule is CCCC1CCCN(C(=O)C(C)(C)C(N)=S)CC1. The van der Waals surface area contributed by atoms with Gasteiger partial charge in [0, 0.05) is 13.1 Å². The van der Waals surface area contributed by atoms with Gasteiger partial charge in [-0.3, -0.25) is 4.79 Å². The summed E-state index contributed by atoms with van der Waals surface area (Å²) in [5, 5.41) is 0. The fraction of sp³-hybridized carbons (Fsp3) is 0.857. The molecule has 0 aromatic carbocycles. The molecule has 0 spiro atoms. The molecule has 2 N–H and O–H groups in total. The largest absolute Gasteiger partial charge is 0.392 e. The zero-order valence-corrected chi connectivity index (χ0v) is 12.7. The number of thiocarbonyl (C=S) groups is 1. The first-order valence-electron chi connectivity index (χ1n) is 6.98. The lowest BCUT2D eigenvalue weighted by Crippen LogP contribution is -2.47. The highest BCUT2D eigenvalue weighted by Gasteiger charge is 2.35. The van der Waals surface area contributed by atoms with Crippen LogP contribution < -0.4 is 5.73 Å². The van der Waals surface area contributed by atoms with Crippen molar-refractivity contribution in [2.24, 2.45) is 17.1 Å². The molecule has 0 aromatic heterocycles. The molecule has 1 saturated heterocycles. The molecule has 3 nitrogen and oxygen atoms in total. The quantitative estimate of drug-likeness (QED) is 0.799. The summed E-state index contributed by atoms with van der Waals surface area (Å²) in [6.45, 7) is 7.59. The highest BCUT2D eigenvalue weighted by atomic mass is 32.1. The van der Waals surface area contributed by atoms with Crippen LogP contribution in [0.2, 0.25) is 0 Å². The lowest BCUT2D eigenvalue weighted by Gasteiger charge is -2.30. The van der Waals surface area contributed by atoms with Gasteiger partial charge in [-0.15, -0.1) is 0 Å². The highest BCUT2D eigenvalue weighted by molar-refractivity contribution is 7.80. The lowest BCUT2D eigenvalue weighted by molar-refractivity contribution is -0.136. The lowest BCUT2D eigenvalue weighted by atomic mass is 9.91. The molecule has 0 aliphatic carbocycles. The van der Waals surface area contributed by atoms with Crippen LogP contribution >= 0.6 is 12.2 Å². The first kappa shape index (κ1) is 15.4. The van der Waals surface area contributed by atoms with Crippen molar-refractivity contribution in [2.75, 3.05) is 13.1 Å². The second-order valence-electron chi connectivity index (χ2n) is 5.87. The van der Waals surface area contributed by atoms with Crippen LogP contribution in [0.5, 0.6) is 0 Å². The minimum Gasteiger partial charge on any atom is -0.392 e. The Morgan fingerprint density at radius 1 is 1.39 bits per heavy atom. The molecule has 1 unspecified atom stereocenters. The van der Waals surface area contributed by atoms with Crippen molar-refractivity contribution in [3.63, 3.8) is 0 Å². The van der Waals surface area contributed by atoms with Crippen molar-refractivity contribution in [2.45, 2.75) is 52.9 Å². The molecule has 1 rings (SSSR count). The molecule has 0 aromatic rings. The van der Waals surface area contributed by atoms with Gasteiger partial charge in [0.2, 0.25) is 5.91 Å². The number of amides is 1. The van der Waals surface area contributed by atoms with E-state index in [0.29, 0.717) is 4.99 Å². The summed E-state index contributed by atoms with van der Waals surface area (Å²) in [5.41, 5.74) is 4.97. The molecule has 1 amide bonds. The molecule has 104 valence electrons. The standard InChI is InChI=1S/C14H26N2OS/c1-4-6-11-7-5-9-16(10-8-11)13(17)14(2,3)12(15)18/h11H,4-10H2,1-3H3,(H2,15,18). The molecule has 18 heavy (non-hydrogen) atoms. The minimum absolute atomic E-state index is 0.0900. The Hall–Kier alpha value is -0.640. The Labute approximate surface area is 116 Å². The van der Waals surface area contributed by atoms with Crippen LogP contribution in [0.15, 0.2) is 0 Å². The molecule has 0 bridgehead atoms. The third-order valence-corrected chi connectivity index (χ3v) is 4.49. The summed E-state index contributed by atoms with van der Waals surface area (Å²) in [6, 6.07) is 0. The van der Waals surface area contributed by atoms with E-state index in [4.69, 9.17) is 18.0 Å². The number of carbonyl (C=O) groups is 1. The van der Waals surface area contributed by atoms with E-state index in [0.717, 1.165) is 31.8 Å². The molecule has 0 saturated carbocycles. The molecule has 1 aliphatic rings. The van der Waals surface area contributed by atoms with Gasteiger partial charge in [-0.2, -0.15) is 0 Å². The van der Waals surface area contributed by atoms with E-state index in [2.05, 4.69) is 6.92 Å². The normalized spacial score (nSPS) is 21.5. The predicted octanol–water partition coefficient (Wildman–Crippen LogP) is 2.73. The van der Waals surface area contributed by atoms with Gasteiger partial charge >= 0.3 is 0 Å². The van der Waals surface area contributed by atoms with Gasteiger partial charge in [0.05, 0.1) is 10.4 Å². The smallest absolute Gasteiger partial charge is 0.235 e. The number of likely N-dealkylation sites (tertiary alicyclic amines) is 1. The molecule has 0 radical (unpaired) electrons. The van der Waals surface area contributed by atoms with Gasteiger partial charge in [-0.1, -0.05) is 32.0 Å². The Morgan fingerprint density at radius 2 is 2.06 bits per heavy atom. The van der Waals surface area contributed by atoms with Crippen LogP contribution in [-0.4, -0.2) is 28.9 Å². The van der Waals surface area contributed by atoms with E-state index in [1.165, 1.54) is 19.3 Å². The molecule has 1 heterocycles. The molecule has 1 atom stereocenters. The second kappa shape index (κ2) is 6.50. The topological polar surface area (TPSA) is 46.3 Å². The summed E-state index contributed by atoms with van der Waals surface area (Å²) in [4.78, 5) is 14.7. The Kier molecular flexibility index (Phi) is 5.57. The average Bonchev–Trinajstić information content (AvgIpc) is 2.54. The van der Waals surface area contributed by atoms with Crippen LogP contribution in [0.3, 0.4) is 0 Å². The van der Waals surface area contributed by atoms with Crippen molar-refractivity contribution in [1.29, 1.82) is 0 Å². The molecule has 1 aliphatic heterocycles. The van der Waals surface area contributed by atoms with E-state index in [1.54, 1.807) is 0 Å². The van der Waals surface area contributed by atoms with Gasteiger partial charge in [0.25, 0.3) is 0 Å². The summed E-state index contributed by atoms with van der Waals surface area (Å²) >= 11 is 5.01. The number of hydrogen-bond donors (Lipinski definition) is 1. The number of rotatable bonds is 4. The van der Waals surface area contributed by atoms with Gasteiger partial charge in [-0.05, 0) is 39.0 Å². The van der Waals surface area contributed by atoms with E-state index in [-0.39, 0.29) is 5.91 Å². The van der Waals surface area contributed by atoms with Gasteiger partial charge in [-0.25, -0.2) is 0 Å². The van der Waals surface area contributed by atoms with Crippen LogP contribution in [0.4, 0.5) is 0 Å². The first-order valence-corrected chi connectivity index (χ1v) is 7.39. The van der Waals surface area contributed by atoms with Gasteiger partial charge in [0.15, 0.2) is 0 Å². The number of carbonyl (C=O) groups excluding carboxylic acids is 1. The average molecular weight is 270 g/mol. The van der Waals surface area contributed by atoms with Crippen molar-refractivity contribution in [3.05, 3.63) is 0 Å². The van der Waals surface area contributed by atoms with Crippen LogP contribution in [0.1, 0.15) is 52.9 Å². The maximum Gasteiger partial charge on any atom is 0.235 e. The van der Waals surface area contributed by atoms with Crippen LogP contribution in [0.25, 0.3) is 0 Å². The third kappa shape index (κ3) is 3.67. The minimum atomic E-state index is -0.708.